The molecule has 1 amide bonds. The highest BCUT2D eigenvalue weighted by Gasteiger charge is 2.19. The van der Waals surface area contributed by atoms with E-state index in [2.05, 4.69) is 68.4 Å². The predicted molar refractivity (Wildman–Crippen MR) is 117 cm³/mol. The van der Waals surface area contributed by atoms with Crippen LogP contribution >= 0.6 is 0 Å². The lowest BCUT2D eigenvalue weighted by Crippen LogP contribution is -2.32. The highest BCUT2D eigenvalue weighted by molar-refractivity contribution is 5.76. The summed E-state index contributed by atoms with van der Waals surface area (Å²) in [6.07, 6.45) is 1.53. The van der Waals surface area contributed by atoms with Gasteiger partial charge in [-0.25, -0.2) is 0 Å². The Morgan fingerprint density at radius 3 is 2.31 bits per heavy atom. The van der Waals surface area contributed by atoms with Gasteiger partial charge in [0.05, 0.1) is 30.8 Å². The quantitative estimate of drug-likeness (QED) is 0.652. The Hall–Kier alpha value is -2.61. The number of carbonyl (C=O) groups is 1. The molecule has 0 saturated carbocycles. The van der Waals surface area contributed by atoms with Gasteiger partial charge in [0.2, 0.25) is 5.91 Å². The first kappa shape index (κ1) is 22.7. The van der Waals surface area contributed by atoms with Crippen LogP contribution < -0.4 is 5.32 Å². The molecule has 1 unspecified atom stereocenters. The van der Waals surface area contributed by atoms with E-state index >= 15 is 0 Å². The van der Waals surface area contributed by atoms with Crippen LogP contribution in [0.5, 0.6) is 0 Å². The Bertz CT molecular complexity index is 856. The zero-order valence-electron chi connectivity index (χ0n) is 18.6. The molecule has 0 fully saturated rings. The van der Waals surface area contributed by atoms with Crippen molar-refractivity contribution in [3.63, 3.8) is 0 Å². The fraction of sp³-hybridized carbons (Fsp3) is 0.542. The minimum atomic E-state index is 0.00394. The molecule has 0 aliphatic rings. The number of aryl methyl sites for hydroxylation is 2. The van der Waals surface area contributed by atoms with E-state index in [1.54, 1.807) is 0 Å². The van der Waals surface area contributed by atoms with Gasteiger partial charge in [-0.05, 0) is 48.8 Å². The minimum absolute atomic E-state index is 0.00394. The van der Waals surface area contributed by atoms with Crippen LogP contribution in [0.3, 0.4) is 0 Å². The zero-order chi connectivity index (χ0) is 21.6. The number of nitriles is 1. The summed E-state index contributed by atoms with van der Waals surface area (Å²) in [6.45, 7) is 13.2. The minimum Gasteiger partial charge on any atom is -0.349 e. The van der Waals surface area contributed by atoms with E-state index < -0.39 is 0 Å². The number of aromatic nitrogens is 2. The second kappa shape index (κ2) is 10.2. The number of amides is 1. The maximum absolute atomic E-state index is 12.7. The van der Waals surface area contributed by atoms with Gasteiger partial charge in [-0.15, -0.1) is 0 Å². The van der Waals surface area contributed by atoms with Crippen molar-refractivity contribution in [1.29, 1.82) is 5.26 Å². The van der Waals surface area contributed by atoms with Crippen molar-refractivity contribution in [3.05, 3.63) is 52.3 Å². The SMILES string of the molecule is Cc1nn(CCC#N)c(C)c1CCC(=O)NC(c1ccc(C(C)C)cc1)C(C)C. The Balaban J connectivity index is 2.03. The van der Waals surface area contributed by atoms with Crippen molar-refractivity contribution < 1.29 is 4.79 Å². The van der Waals surface area contributed by atoms with Gasteiger partial charge in [0.1, 0.15) is 0 Å². The van der Waals surface area contributed by atoms with Gasteiger partial charge in [-0.1, -0.05) is 52.0 Å². The molecule has 29 heavy (non-hydrogen) atoms. The van der Waals surface area contributed by atoms with Gasteiger partial charge in [0.25, 0.3) is 0 Å². The van der Waals surface area contributed by atoms with Crippen LogP contribution in [0.1, 0.15) is 80.6 Å². The van der Waals surface area contributed by atoms with Gasteiger partial charge < -0.3 is 5.32 Å². The topological polar surface area (TPSA) is 70.7 Å². The van der Waals surface area contributed by atoms with Crippen LogP contribution in [0.4, 0.5) is 0 Å². The maximum Gasteiger partial charge on any atom is 0.220 e. The summed E-state index contributed by atoms with van der Waals surface area (Å²) in [5.41, 5.74) is 5.56. The molecule has 1 aromatic carbocycles. The molecule has 1 heterocycles. The first-order chi connectivity index (χ1) is 13.7. The first-order valence-corrected chi connectivity index (χ1v) is 10.5. The van der Waals surface area contributed by atoms with E-state index in [9.17, 15) is 4.79 Å². The van der Waals surface area contributed by atoms with Crippen LogP contribution in [0.15, 0.2) is 24.3 Å². The summed E-state index contributed by atoms with van der Waals surface area (Å²) < 4.78 is 1.87. The van der Waals surface area contributed by atoms with Crippen molar-refractivity contribution in [2.24, 2.45) is 5.92 Å². The van der Waals surface area contributed by atoms with Crippen LogP contribution in [0, 0.1) is 31.1 Å². The Morgan fingerprint density at radius 1 is 1.14 bits per heavy atom. The third-order valence-corrected chi connectivity index (χ3v) is 5.51. The second-order valence-electron chi connectivity index (χ2n) is 8.39. The Labute approximate surface area is 175 Å². The molecule has 0 bridgehead atoms. The van der Waals surface area contributed by atoms with Crippen LogP contribution in [-0.2, 0) is 17.8 Å². The summed E-state index contributed by atoms with van der Waals surface area (Å²) in [5.74, 6) is 0.859. The molecule has 1 aromatic heterocycles. The van der Waals surface area contributed by atoms with Crippen molar-refractivity contribution in [3.8, 4) is 6.07 Å². The average molecular weight is 395 g/mol. The van der Waals surface area contributed by atoms with Crippen molar-refractivity contribution in [2.45, 2.75) is 79.3 Å². The summed E-state index contributed by atoms with van der Waals surface area (Å²) >= 11 is 0. The molecule has 0 saturated heterocycles. The third-order valence-electron chi connectivity index (χ3n) is 5.51. The lowest BCUT2D eigenvalue weighted by Gasteiger charge is -2.23. The molecule has 5 heteroatoms. The monoisotopic (exact) mass is 394 g/mol. The number of benzene rings is 1. The molecule has 5 nitrogen and oxygen atoms in total. The molecular weight excluding hydrogens is 360 g/mol. The average Bonchev–Trinajstić information content (AvgIpc) is 2.95. The van der Waals surface area contributed by atoms with Gasteiger partial charge in [-0.2, -0.15) is 10.4 Å². The molecule has 2 rings (SSSR count). The van der Waals surface area contributed by atoms with Crippen molar-refractivity contribution in [2.75, 3.05) is 0 Å². The highest BCUT2D eigenvalue weighted by Crippen LogP contribution is 2.24. The Kier molecular flexibility index (Phi) is 8.01. The van der Waals surface area contributed by atoms with E-state index in [0.29, 0.717) is 37.6 Å². The van der Waals surface area contributed by atoms with Crippen molar-refractivity contribution >= 4 is 5.91 Å². The van der Waals surface area contributed by atoms with Gasteiger partial charge in [0.15, 0.2) is 0 Å². The first-order valence-electron chi connectivity index (χ1n) is 10.5. The van der Waals surface area contributed by atoms with Crippen LogP contribution in [0.2, 0.25) is 0 Å². The van der Waals surface area contributed by atoms with Crippen LogP contribution in [-0.4, -0.2) is 15.7 Å². The molecule has 2 aromatic rings. The third kappa shape index (κ3) is 5.93. The molecule has 156 valence electrons. The lowest BCUT2D eigenvalue weighted by molar-refractivity contribution is -0.122. The summed E-state index contributed by atoms with van der Waals surface area (Å²) in [5, 5.41) is 16.5. The van der Waals surface area contributed by atoms with Crippen molar-refractivity contribution in [1.82, 2.24) is 15.1 Å². The second-order valence-corrected chi connectivity index (χ2v) is 8.39. The van der Waals surface area contributed by atoms with E-state index in [-0.39, 0.29) is 11.9 Å². The molecule has 1 atom stereocenters. The largest absolute Gasteiger partial charge is 0.349 e. The number of nitrogens with zero attached hydrogens (tertiary/aromatic N) is 3. The molecular formula is C24H34N4O. The predicted octanol–water partition coefficient (Wildman–Crippen LogP) is 4.98. The number of carbonyl (C=O) groups excluding carboxylic acids is 1. The fourth-order valence-corrected chi connectivity index (χ4v) is 3.68. The number of hydrogen-bond donors (Lipinski definition) is 1. The zero-order valence-corrected chi connectivity index (χ0v) is 18.6. The Morgan fingerprint density at radius 2 is 1.76 bits per heavy atom. The van der Waals surface area contributed by atoms with E-state index in [1.165, 1.54) is 5.56 Å². The van der Waals surface area contributed by atoms with E-state index in [1.807, 2.05) is 18.5 Å². The number of nitrogens with one attached hydrogen (secondary N) is 1. The number of hydrogen-bond acceptors (Lipinski definition) is 3. The number of rotatable bonds is 9. The normalized spacial score (nSPS) is 12.2. The molecule has 0 radical (unpaired) electrons. The smallest absolute Gasteiger partial charge is 0.220 e. The molecule has 0 aliphatic heterocycles. The van der Waals surface area contributed by atoms with E-state index in [4.69, 9.17) is 5.26 Å². The molecule has 1 N–H and O–H groups in total. The van der Waals surface area contributed by atoms with Crippen LogP contribution in [0.25, 0.3) is 0 Å². The highest BCUT2D eigenvalue weighted by atomic mass is 16.1. The summed E-state index contributed by atoms with van der Waals surface area (Å²) in [6, 6.07) is 10.7. The molecule has 0 spiro atoms. The van der Waals surface area contributed by atoms with E-state index in [0.717, 1.165) is 22.5 Å². The summed E-state index contributed by atoms with van der Waals surface area (Å²) in [4.78, 5) is 12.7. The van der Waals surface area contributed by atoms with Gasteiger partial charge >= 0.3 is 0 Å². The maximum atomic E-state index is 12.7. The van der Waals surface area contributed by atoms with Gasteiger partial charge in [-0.3, -0.25) is 9.48 Å². The molecule has 0 aliphatic carbocycles. The fourth-order valence-electron chi connectivity index (χ4n) is 3.68. The summed E-state index contributed by atoms with van der Waals surface area (Å²) in [7, 11) is 0. The lowest BCUT2D eigenvalue weighted by atomic mass is 9.93. The van der Waals surface area contributed by atoms with Gasteiger partial charge in [0, 0.05) is 12.1 Å². The standard InChI is InChI=1S/C24H34N4O/c1-16(2)20-8-10-21(11-9-20)24(17(3)4)26-23(29)13-12-22-18(5)27-28(19(22)6)15-7-14-25/h8-11,16-17,24H,7,12-13,15H2,1-6H3,(H,26,29).